The Morgan fingerprint density at radius 3 is 2.62 bits per heavy atom. The number of hydrogen-bond acceptors (Lipinski definition) is 2. The number of hydrogen-bond donors (Lipinski definition) is 1. The zero-order chi connectivity index (χ0) is 11.4. The van der Waals surface area contributed by atoms with Gasteiger partial charge in [0.2, 0.25) is 0 Å². The number of nitrogens with zero attached hydrogens (tertiary/aromatic N) is 2. The largest absolute Gasteiger partial charge is 0.328 e. The third-order valence-electron chi connectivity index (χ3n) is 2.59. The van der Waals surface area contributed by atoms with Gasteiger partial charge in [-0.05, 0) is 43.5 Å². The number of benzene rings is 1. The molecule has 3 heteroatoms. The maximum atomic E-state index is 5.73. The Hall–Kier alpha value is -1.61. The molecule has 0 spiro atoms. The smallest absolute Gasteiger partial charge is 0.0645 e. The molecule has 2 aromatic rings. The number of aromatic nitrogens is 2. The Kier molecular flexibility index (Phi) is 3.37. The summed E-state index contributed by atoms with van der Waals surface area (Å²) >= 11 is 0. The monoisotopic (exact) mass is 215 g/mol. The van der Waals surface area contributed by atoms with Crippen molar-refractivity contribution in [3.05, 3.63) is 48.3 Å². The number of rotatable bonds is 4. The van der Waals surface area contributed by atoms with Crippen molar-refractivity contribution in [3.63, 3.8) is 0 Å². The van der Waals surface area contributed by atoms with E-state index in [2.05, 4.69) is 29.4 Å². The first-order valence-corrected chi connectivity index (χ1v) is 5.60. The van der Waals surface area contributed by atoms with E-state index in [4.69, 9.17) is 5.73 Å². The van der Waals surface area contributed by atoms with Crippen molar-refractivity contribution >= 4 is 0 Å². The molecule has 0 aliphatic carbocycles. The molecule has 0 amide bonds. The highest BCUT2D eigenvalue weighted by atomic mass is 15.3. The van der Waals surface area contributed by atoms with E-state index in [1.165, 1.54) is 5.56 Å². The van der Waals surface area contributed by atoms with Gasteiger partial charge in [0.15, 0.2) is 0 Å². The summed E-state index contributed by atoms with van der Waals surface area (Å²) in [6.45, 7) is 2.04. The van der Waals surface area contributed by atoms with E-state index in [1.54, 1.807) is 6.20 Å². The van der Waals surface area contributed by atoms with E-state index in [9.17, 15) is 0 Å². The van der Waals surface area contributed by atoms with Gasteiger partial charge in [0, 0.05) is 18.4 Å². The molecule has 0 unspecified atom stereocenters. The van der Waals surface area contributed by atoms with Crippen molar-refractivity contribution < 1.29 is 0 Å². The predicted molar refractivity (Wildman–Crippen MR) is 65.5 cm³/mol. The lowest BCUT2D eigenvalue weighted by atomic mass is 10.1. The van der Waals surface area contributed by atoms with Crippen LogP contribution in [-0.2, 0) is 6.42 Å². The van der Waals surface area contributed by atoms with Crippen LogP contribution in [0, 0.1) is 0 Å². The third-order valence-corrected chi connectivity index (χ3v) is 2.59. The molecule has 0 aliphatic rings. The predicted octanol–water partition coefficient (Wildman–Crippen LogP) is 2.15. The van der Waals surface area contributed by atoms with Crippen molar-refractivity contribution in [2.45, 2.75) is 25.8 Å². The molecule has 2 N–H and O–H groups in total. The Balaban J connectivity index is 2.05. The molecule has 0 radical (unpaired) electrons. The molecule has 0 saturated heterocycles. The second kappa shape index (κ2) is 4.94. The first kappa shape index (κ1) is 10.9. The zero-order valence-corrected chi connectivity index (χ0v) is 9.50. The molecule has 0 aliphatic heterocycles. The van der Waals surface area contributed by atoms with E-state index in [0.717, 1.165) is 18.5 Å². The Morgan fingerprint density at radius 1 is 1.31 bits per heavy atom. The van der Waals surface area contributed by atoms with Gasteiger partial charge in [-0.3, -0.25) is 0 Å². The average Bonchev–Trinajstić information content (AvgIpc) is 2.80. The summed E-state index contributed by atoms with van der Waals surface area (Å²) in [6, 6.07) is 10.6. The molecule has 16 heavy (non-hydrogen) atoms. The molecular formula is C13H17N3. The highest BCUT2D eigenvalue weighted by Gasteiger charge is 1.99. The Morgan fingerprint density at radius 2 is 2.06 bits per heavy atom. The molecular weight excluding hydrogens is 198 g/mol. The zero-order valence-electron chi connectivity index (χ0n) is 9.50. The SMILES string of the molecule is C[C@@H](N)CCc1ccc(-n2cccn2)cc1. The van der Waals surface area contributed by atoms with Gasteiger partial charge in [0.1, 0.15) is 0 Å². The van der Waals surface area contributed by atoms with Crippen LogP contribution in [0.2, 0.25) is 0 Å². The first-order chi connectivity index (χ1) is 7.75. The Labute approximate surface area is 95.9 Å². The molecule has 0 saturated carbocycles. The van der Waals surface area contributed by atoms with Crippen LogP contribution < -0.4 is 5.73 Å². The van der Waals surface area contributed by atoms with Crippen LogP contribution in [0.3, 0.4) is 0 Å². The lowest BCUT2D eigenvalue weighted by Gasteiger charge is -2.06. The lowest BCUT2D eigenvalue weighted by molar-refractivity contribution is 0.666. The molecule has 0 fully saturated rings. The molecule has 3 nitrogen and oxygen atoms in total. The quantitative estimate of drug-likeness (QED) is 0.849. The van der Waals surface area contributed by atoms with Gasteiger partial charge in [0.25, 0.3) is 0 Å². The van der Waals surface area contributed by atoms with Crippen LogP contribution in [0.5, 0.6) is 0 Å². The minimum atomic E-state index is 0.269. The molecule has 1 aromatic carbocycles. The summed E-state index contributed by atoms with van der Waals surface area (Å²) in [5, 5.41) is 4.19. The second-order valence-corrected chi connectivity index (χ2v) is 4.13. The van der Waals surface area contributed by atoms with E-state index >= 15 is 0 Å². The fourth-order valence-corrected chi connectivity index (χ4v) is 1.63. The van der Waals surface area contributed by atoms with Crippen LogP contribution in [0.1, 0.15) is 18.9 Å². The summed E-state index contributed by atoms with van der Waals surface area (Å²) in [5.41, 5.74) is 8.15. The standard InChI is InChI=1S/C13H17N3/c1-11(14)3-4-12-5-7-13(8-6-12)16-10-2-9-15-16/h2,5-11H,3-4,14H2,1H3/t11-/m1/s1. The fourth-order valence-electron chi connectivity index (χ4n) is 1.63. The summed E-state index contributed by atoms with van der Waals surface area (Å²) in [5.74, 6) is 0. The molecule has 84 valence electrons. The van der Waals surface area contributed by atoms with Gasteiger partial charge in [0.05, 0.1) is 5.69 Å². The summed E-state index contributed by atoms with van der Waals surface area (Å²) in [4.78, 5) is 0. The van der Waals surface area contributed by atoms with Crippen LogP contribution in [0.15, 0.2) is 42.7 Å². The fraction of sp³-hybridized carbons (Fsp3) is 0.308. The molecule has 0 bridgehead atoms. The van der Waals surface area contributed by atoms with Crippen molar-refractivity contribution in [1.29, 1.82) is 0 Å². The second-order valence-electron chi connectivity index (χ2n) is 4.13. The summed E-state index contributed by atoms with van der Waals surface area (Å²) in [7, 11) is 0. The molecule has 1 aromatic heterocycles. The van der Waals surface area contributed by atoms with E-state index < -0.39 is 0 Å². The van der Waals surface area contributed by atoms with E-state index in [-0.39, 0.29) is 6.04 Å². The Bertz CT molecular complexity index is 415. The van der Waals surface area contributed by atoms with Gasteiger partial charge in [-0.15, -0.1) is 0 Å². The normalized spacial score (nSPS) is 12.6. The van der Waals surface area contributed by atoms with Crippen LogP contribution in [0.4, 0.5) is 0 Å². The number of nitrogens with two attached hydrogens (primary N) is 1. The minimum Gasteiger partial charge on any atom is -0.328 e. The van der Waals surface area contributed by atoms with Crippen LogP contribution in [-0.4, -0.2) is 15.8 Å². The topological polar surface area (TPSA) is 43.8 Å². The van der Waals surface area contributed by atoms with Gasteiger partial charge < -0.3 is 5.73 Å². The van der Waals surface area contributed by atoms with Gasteiger partial charge in [-0.1, -0.05) is 12.1 Å². The highest BCUT2D eigenvalue weighted by molar-refractivity contribution is 5.33. The highest BCUT2D eigenvalue weighted by Crippen LogP contribution is 2.10. The first-order valence-electron chi connectivity index (χ1n) is 5.60. The van der Waals surface area contributed by atoms with Gasteiger partial charge >= 0.3 is 0 Å². The van der Waals surface area contributed by atoms with E-state index in [0.29, 0.717) is 0 Å². The minimum absolute atomic E-state index is 0.269. The molecule has 1 heterocycles. The maximum Gasteiger partial charge on any atom is 0.0645 e. The number of aryl methyl sites for hydroxylation is 1. The van der Waals surface area contributed by atoms with Crippen molar-refractivity contribution in [2.24, 2.45) is 5.73 Å². The van der Waals surface area contributed by atoms with Crippen molar-refractivity contribution in [1.82, 2.24) is 9.78 Å². The van der Waals surface area contributed by atoms with Crippen molar-refractivity contribution in [2.75, 3.05) is 0 Å². The molecule has 2 rings (SSSR count). The average molecular weight is 215 g/mol. The van der Waals surface area contributed by atoms with Gasteiger partial charge in [-0.2, -0.15) is 5.10 Å². The molecule has 1 atom stereocenters. The van der Waals surface area contributed by atoms with Crippen LogP contribution >= 0.6 is 0 Å². The van der Waals surface area contributed by atoms with Gasteiger partial charge in [-0.25, -0.2) is 4.68 Å². The van der Waals surface area contributed by atoms with Crippen molar-refractivity contribution in [3.8, 4) is 5.69 Å². The van der Waals surface area contributed by atoms with E-state index in [1.807, 2.05) is 23.9 Å². The summed E-state index contributed by atoms with van der Waals surface area (Å²) in [6.07, 6.45) is 5.79. The lowest BCUT2D eigenvalue weighted by Crippen LogP contribution is -2.15. The van der Waals surface area contributed by atoms with Crippen LogP contribution in [0.25, 0.3) is 5.69 Å². The third kappa shape index (κ3) is 2.70. The maximum absolute atomic E-state index is 5.73. The summed E-state index contributed by atoms with van der Waals surface area (Å²) < 4.78 is 1.86.